The van der Waals surface area contributed by atoms with Crippen molar-refractivity contribution in [1.82, 2.24) is 4.90 Å². The zero-order chi connectivity index (χ0) is 14.0. The lowest BCUT2D eigenvalue weighted by Gasteiger charge is -2.38. The number of amides is 1. The molecule has 0 radical (unpaired) electrons. The van der Waals surface area contributed by atoms with Crippen molar-refractivity contribution in [3.8, 4) is 0 Å². The van der Waals surface area contributed by atoms with Crippen molar-refractivity contribution < 1.29 is 4.79 Å². The largest absolute Gasteiger partial charge is 0.336 e. The molecule has 1 aliphatic heterocycles. The number of carbonyl (C=O) groups excluding carboxylic acids is 1. The number of likely N-dealkylation sites (tertiary alicyclic amines) is 1. The zero-order valence-electron chi connectivity index (χ0n) is 10.9. The van der Waals surface area contributed by atoms with Crippen molar-refractivity contribution >= 4 is 40.1 Å². The van der Waals surface area contributed by atoms with Gasteiger partial charge in [0.2, 0.25) is 0 Å². The first kappa shape index (κ1) is 15.1. The average Bonchev–Trinajstić information content (AvgIpc) is 2.41. The monoisotopic (exact) mass is 392 g/mol. The number of nitrogens with two attached hydrogens (primary N) is 1. The minimum absolute atomic E-state index is 0.0672. The van der Waals surface area contributed by atoms with E-state index in [9.17, 15) is 4.79 Å². The second kappa shape index (κ2) is 6.41. The first-order valence-electron chi connectivity index (χ1n) is 6.49. The summed E-state index contributed by atoms with van der Waals surface area (Å²) in [5.41, 5.74) is 6.44. The molecule has 104 valence electrons. The predicted molar refractivity (Wildman–Crippen MR) is 86.4 cm³/mol. The number of hydrogen-bond acceptors (Lipinski definition) is 2. The number of hydrogen-bond donors (Lipinski definition) is 1. The topological polar surface area (TPSA) is 46.3 Å². The molecule has 2 atom stereocenters. The van der Waals surface area contributed by atoms with Gasteiger partial charge in [0.1, 0.15) is 0 Å². The van der Waals surface area contributed by atoms with Gasteiger partial charge in [0.25, 0.3) is 5.91 Å². The fourth-order valence-electron chi connectivity index (χ4n) is 2.47. The summed E-state index contributed by atoms with van der Waals surface area (Å²) < 4.78 is 0.939. The Kier molecular flexibility index (Phi) is 5.09. The number of rotatable bonds is 2. The number of carbonyl (C=O) groups is 1. The highest BCUT2D eigenvalue weighted by atomic mass is 127. The van der Waals surface area contributed by atoms with Crippen LogP contribution in [0.15, 0.2) is 18.2 Å². The quantitative estimate of drug-likeness (QED) is 0.786. The van der Waals surface area contributed by atoms with E-state index in [1.54, 1.807) is 6.07 Å². The summed E-state index contributed by atoms with van der Waals surface area (Å²) in [4.78, 5) is 14.6. The maximum absolute atomic E-state index is 12.7. The molecule has 1 aromatic carbocycles. The molecule has 0 spiro atoms. The van der Waals surface area contributed by atoms with E-state index in [-0.39, 0.29) is 11.9 Å². The lowest BCUT2D eigenvalue weighted by atomic mass is 9.93. The minimum Gasteiger partial charge on any atom is -0.336 e. The third-order valence-corrected chi connectivity index (χ3v) is 4.91. The maximum Gasteiger partial charge on any atom is 0.255 e. The van der Waals surface area contributed by atoms with Gasteiger partial charge < -0.3 is 10.6 Å². The van der Waals surface area contributed by atoms with Crippen LogP contribution in [0.4, 0.5) is 0 Å². The molecule has 0 saturated carbocycles. The van der Waals surface area contributed by atoms with Gasteiger partial charge in [0, 0.05) is 21.2 Å². The molecule has 0 bridgehead atoms. The molecule has 1 fully saturated rings. The molecule has 19 heavy (non-hydrogen) atoms. The predicted octanol–water partition coefficient (Wildman–Crippen LogP) is 3.14. The molecule has 1 saturated heterocycles. The van der Waals surface area contributed by atoms with Crippen molar-refractivity contribution in [2.75, 3.05) is 13.1 Å². The van der Waals surface area contributed by atoms with Gasteiger partial charge >= 0.3 is 0 Å². The van der Waals surface area contributed by atoms with Crippen LogP contribution in [0.3, 0.4) is 0 Å². The van der Waals surface area contributed by atoms with Gasteiger partial charge in [-0.25, -0.2) is 0 Å². The smallest absolute Gasteiger partial charge is 0.255 e. The van der Waals surface area contributed by atoms with E-state index in [1.807, 2.05) is 17.0 Å². The van der Waals surface area contributed by atoms with E-state index < -0.39 is 0 Å². The minimum atomic E-state index is 0.0672. The molecule has 2 N–H and O–H groups in total. The molecule has 1 aliphatic rings. The van der Waals surface area contributed by atoms with Crippen LogP contribution in [-0.4, -0.2) is 29.9 Å². The van der Waals surface area contributed by atoms with E-state index >= 15 is 0 Å². The molecule has 0 aliphatic carbocycles. The number of piperidine rings is 1. The second-order valence-corrected chi connectivity index (χ2v) is 6.71. The van der Waals surface area contributed by atoms with Crippen LogP contribution in [0.25, 0.3) is 0 Å². The molecule has 1 heterocycles. The Hall–Kier alpha value is -0.330. The summed E-state index contributed by atoms with van der Waals surface area (Å²) in [5.74, 6) is 0.481. The molecule has 0 aromatic heterocycles. The van der Waals surface area contributed by atoms with Crippen LogP contribution < -0.4 is 5.73 Å². The van der Waals surface area contributed by atoms with Gasteiger partial charge in [-0.2, -0.15) is 0 Å². The third kappa shape index (κ3) is 3.41. The fourth-order valence-corrected chi connectivity index (χ4v) is 3.21. The number of benzene rings is 1. The normalized spacial score (nSPS) is 23.5. The number of nitrogens with zero attached hydrogens (tertiary/aromatic N) is 1. The molecular formula is C14H18ClIN2O. The summed E-state index contributed by atoms with van der Waals surface area (Å²) in [6, 6.07) is 5.71. The van der Waals surface area contributed by atoms with Crippen molar-refractivity contribution in [2.24, 2.45) is 11.7 Å². The first-order chi connectivity index (χ1) is 9.02. The van der Waals surface area contributed by atoms with Crippen LogP contribution in [0.2, 0.25) is 5.02 Å². The Morgan fingerprint density at radius 1 is 1.53 bits per heavy atom. The molecular weight excluding hydrogens is 375 g/mol. The summed E-state index contributed by atoms with van der Waals surface area (Å²) in [6.07, 6.45) is 2.12. The van der Waals surface area contributed by atoms with Crippen molar-refractivity contribution in [3.63, 3.8) is 0 Å². The lowest BCUT2D eigenvalue weighted by Crippen LogP contribution is -2.47. The van der Waals surface area contributed by atoms with Crippen molar-refractivity contribution in [3.05, 3.63) is 32.4 Å². The molecule has 3 nitrogen and oxygen atoms in total. The molecule has 5 heteroatoms. The third-order valence-electron chi connectivity index (χ3n) is 3.73. The second-order valence-electron chi connectivity index (χ2n) is 5.11. The van der Waals surface area contributed by atoms with Gasteiger partial charge in [-0.05, 0) is 73.0 Å². The highest BCUT2D eigenvalue weighted by Gasteiger charge is 2.29. The Labute approximate surface area is 132 Å². The Morgan fingerprint density at radius 3 is 2.95 bits per heavy atom. The molecule has 1 aromatic rings. The van der Waals surface area contributed by atoms with E-state index in [1.165, 1.54) is 0 Å². The molecule has 1 amide bonds. The van der Waals surface area contributed by atoms with E-state index in [0.29, 0.717) is 23.0 Å². The van der Waals surface area contributed by atoms with Crippen LogP contribution >= 0.6 is 34.2 Å². The zero-order valence-corrected chi connectivity index (χ0v) is 13.8. The Balaban J connectivity index is 2.24. The van der Waals surface area contributed by atoms with Crippen LogP contribution in [0.1, 0.15) is 30.1 Å². The van der Waals surface area contributed by atoms with Crippen molar-refractivity contribution in [2.45, 2.75) is 25.8 Å². The summed E-state index contributed by atoms with van der Waals surface area (Å²) >= 11 is 8.18. The first-order valence-corrected chi connectivity index (χ1v) is 7.94. The highest BCUT2D eigenvalue weighted by molar-refractivity contribution is 14.1. The maximum atomic E-state index is 12.7. The van der Waals surface area contributed by atoms with Crippen LogP contribution in [-0.2, 0) is 0 Å². The van der Waals surface area contributed by atoms with Gasteiger partial charge in [-0.3, -0.25) is 4.79 Å². The van der Waals surface area contributed by atoms with Gasteiger partial charge in [-0.1, -0.05) is 11.6 Å². The SMILES string of the molecule is CC1CCC(CN)CN1C(=O)c1cc(Cl)ccc1I. The van der Waals surface area contributed by atoms with E-state index in [4.69, 9.17) is 17.3 Å². The van der Waals surface area contributed by atoms with Gasteiger partial charge in [0.05, 0.1) is 5.56 Å². The van der Waals surface area contributed by atoms with Crippen LogP contribution in [0.5, 0.6) is 0 Å². The summed E-state index contributed by atoms with van der Waals surface area (Å²) in [7, 11) is 0. The molecule has 2 rings (SSSR count). The Morgan fingerprint density at radius 2 is 2.26 bits per heavy atom. The van der Waals surface area contributed by atoms with Gasteiger partial charge in [-0.15, -0.1) is 0 Å². The Bertz CT molecular complexity index is 481. The van der Waals surface area contributed by atoms with Gasteiger partial charge in [0.15, 0.2) is 0 Å². The lowest BCUT2D eigenvalue weighted by molar-refractivity contribution is 0.0566. The average molecular weight is 393 g/mol. The van der Waals surface area contributed by atoms with E-state index in [2.05, 4.69) is 29.5 Å². The standard InChI is InChI=1S/C14H18ClIN2O/c1-9-2-3-10(7-17)8-18(9)14(19)12-6-11(15)4-5-13(12)16/h4-6,9-10H,2-3,7-8,17H2,1H3. The molecule has 2 unspecified atom stereocenters. The van der Waals surface area contributed by atoms with Crippen molar-refractivity contribution in [1.29, 1.82) is 0 Å². The van der Waals surface area contributed by atoms with E-state index in [0.717, 1.165) is 23.0 Å². The summed E-state index contributed by atoms with van der Waals surface area (Å²) in [6.45, 7) is 3.49. The fraction of sp³-hybridized carbons (Fsp3) is 0.500. The summed E-state index contributed by atoms with van der Waals surface area (Å²) in [5, 5.41) is 0.601. The number of halogens is 2. The highest BCUT2D eigenvalue weighted by Crippen LogP contribution is 2.26. The van der Waals surface area contributed by atoms with Crippen LogP contribution in [0, 0.1) is 9.49 Å².